The number of ether oxygens (including phenoxy) is 1. The average molecular weight is 534 g/mol. The minimum Gasteiger partial charge on any atom is -0.406 e. The van der Waals surface area contributed by atoms with Crippen LogP contribution >= 0.6 is 11.3 Å². The molecule has 3 N–H and O–H groups in total. The second-order valence-electron chi connectivity index (χ2n) is 9.30. The zero-order chi connectivity index (χ0) is 26.2. The van der Waals surface area contributed by atoms with E-state index in [9.17, 15) is 23.1 Å². The number of imidazole rings is 1. The molecule has 1 saturated carbocycles. The zero-order valence-electron chi connectivity index (χ0n) is 20.0. The van der Waals surface area contributed by atoms with Crippen molar-refractivity contribution in [2.45, 2.75) is 32.0 Å². The van der Waals surface area contributed by atoms with Crippen LogP contribution in [0.2, 0.25) is 0 Å². The van der Waals surface area contributed by atoms with Crippen molar-refractivity contribution >= 4 is 49.6 Å². The van der Waals surface area contributed by atoms with E-state index in [2.05, 4.69) is 25.3 Å². The maximum Gasteiger partial charge on any atom is 0.573 e. The molecule has 0 spiro atoms. The molecule has 0 aliphatic heterocycles. The van der Waals surface area contributed by atoms with E-state index in [1.54, 1.807) is 12.1 Å². The Balaban J connectivity index is 1.27. The molecule has 12 heteroatoms. The first-order valence-corrected chi connectivity index (χ1v) is 12.8. The van der Waals surface area contributed by atoms with Crippen molar-refractivity contribution in [2.24, 2.45) is 18.9 Å². The van der Waals surface area contributed by atoms with E-state index < -0.39 is 6.36 Å². The maximum absolute atomic E-state index is 12.8. The summed E-state index contributed by atoms with van der Waals surface area (Å²) in [6.45, 7) is 0.841. The van der Waals surface area contributed by atoms with Crippen LogP contribution in [0.3, 0.4) is 0 Å². The number of thiazole rings is 1. The molecule has 5 rings (SSSR count). The lowest BCUT2D eigenvalue weighted by molar-refractivity contribution is -0.274. The molecular formula is C25H26F3N5O3S. The summed E-state index contributed by atoms with van der Waals surface area (Å²) < 4.78 is 43.9. The SMILES string of the molecule is Cn1c(Nc2nc3ccc(OC(F)(F)F)cc3s2)nc2cc(C(=O)NC[C@H]3CC[C@H](CO)CC3)ccc21. The summed E-state index contributed by atoms with van der Waals surface area (Å²) in [5.41, 5.74) is 2.48. The van der Waals surface area contributed by atoms with Gasteiger partial charge in [0.1, 0.15) is 5.75 Å². The standard InChI is InChI=1S/C25H26F3N5O3S/c1-33-20-9-6-16(22(35)29-12-14-2-4-15(13-34)5-3-14)10-19(20)30-23(33)32-24-31-18-8-7-17(11-21(18)37-24)36-25(26,27)28/h6-11,14-15,34H,2-5,12-13H2,1H3,(H,29,35)(H,30,31,32)/t14-,15-. The van der Waals surface area contributed by atoms with Crippen molar-refractivity contribution in [3.8, 4) is 5.75 Å². The molecule has 37 heavy (non-hydrogen) atoms. The van der Waals surface area contributed by atoms with Crippen LogP contribution in [0.15, 0.2) is 36.4 Å². The molecule has 0 radical (unpaired) electrons. The number of nitrogens with zero attached hydrogens (tertiary/aromatic N) is 3. The Bertz CT molecular complexity index is 1430. The Kier molecular flexibility index (Phi) is 6.95. The number of aliphatic hydroxyl groups is 1. The van der Waals surface area contributed by atoms with Gasteiger partial charge in [0.15, 0.2) is 5.13 Å². The summed E-state index contributed by atoms with van der Waals surface area (Å²) in [5, 5.41) is 15.9. The fourth-order valence-corrected chi connectivity index (χ4v) is 5.55. The first-order chi connectivity index (χ1) is 17.7. The Morgan fingerprint density at radius 3 is 2.59 bits per heavy atom. The largest absolute Gasteiger partial charge is 0.573 e. The number of fused-ring (bicyclic) bond motifs is 2. The summed E-state index contributed by atoms with van der Waals surface area (Å²) >= 11 is 1.18. The van der Waals surface area contributed by atoms with E-state index in [4.69, 9.17) is 0 Å². The molecular weight excluding hydrogens is 507 g/mol. The second-order valence-corrected chi connectivity index (χ2v) is 10.3. The normalized spacial score (nSPS) is 18.3. The van der Waals surface area contributed by atoms with Gasteiger partial charge in [0.2, 0.25) is 5.95 Å². The number of aliphatic hydroxyl groups excluding tert-OH is 1. The number of carbonyl (C=O) groups is 1. The van der Waals surface area contributed by atoms with Gasteiger partial charge >= 0.3 is 6.36 Å². The Hall–Kier alpha value is -3.38. The highest BCUT2D eigenvalue weighted by molar-refractivity contribution is 7.22. The summed E-state index contributed by atoms with van der Waals surface area (Å²) in [7, 11) is 1.82. The molecule has 8 nitrogen and oxygen atoms in total. The van der Waals surface area contributed by atoms with Gasteiger partial charge in [0.05, 0.1) is 21.3 Å². The number of aryl methyl sites for hydroxylation is 1. The van der Waals surface area contributed by atoms with E-state index in [0.717, 1.165) is 31.2 Å². The van der Waals surface area contributed by atoms with E-state index in [1.807, 2.05) is 17.7 Å². The molecule has 2 aromatic heterocycles. The topological polar surface area (TPSA) is 101 Å². The minimum atomic E-state index is -4.76. The number of alkyl halides is 3. The number of hydrogen-bond acceptors (Lipinski definition) is 7. The van der Waals surface area contributed by atoms with Crippen molar-refractivity contribution in [3.63, 3.8) is 0 Å². The second kappa shape index (κ2) is 10.2. The lowest BCUT2D eigenvalue weighted by Crippen LogP contribution is -2.31. The van der Waals surface area contributed by atoms with Gasteiger partial charge in [-0.05, 0) is 67.9 Å². The number of amides is 1. The molecule has 0 saturated heterocycles. The third kappa shape index (κ3) is 5.80. The van der Waals surface area contributed by atoms with Crippen LogP contribution in [0.25, 0.3) is 21.3 Å². The zero-order valence-corrected chi connectivity index (χ0v) is 20.8. The monoisotopic (exact) mass is 533 g/mol. The number of aromatic nitrogens is 3. The number of rotatable bonds is 7. The van der Waals surface area contributed by atoms with Crippen LogP contribution in [-0.2, 0) is 7.05 Å². The van der Waals surface area contributed by atoms with E-state index in [0.29, 0.717) is 50.8 Å². The number of halogens is 3. The van der Waals surface area contributed by atoms with E-state index >= 15 is 0 Å². The lowest BCUT2D eigenvalue weighted by Gasteiger charge is -2.27. The summed E-state index contributed by atoms with van der Waals surface area (Å²) in [4.78, 5) is 21.8. The molecule has 1 amide bonds. The van der Waals surface area contributed by atoms with E-state index in [-0.39, 0.29) is 18.3 Å². The molecule has 0 atom stereocenters. The van der Waals surface area contributed by atoms with Crippen LogP contribution < -0.4 is 15.4 Å². The van der Waals surface area contributed by atoms with Gasteiger partial charge in [0, 0.05) is 31.8 Å². The van der Waals surface area contributed by atoms with Gasteiger partial charge in [0.25, 0.3) is 5.91 Å². The lowest BCUT2D eigenvalue weighted by atomic mass is 9.82. The summed E-state index contributed by atoms with van der Waals surface area (Å²) in [6.07, 6.45) is -0.777. The smallest absolute Gasteiger partial charge is 0.406 e. The number of benzene rings is 2. The highest BCUT2D eigenvalue weighted by atomic mass is 32.1. The Morgan fingerprint density at radius 1 is 1.11 bits per heavy atom. The molecule has 1 aliphatic rings. The van der Waals surface area contributed by atoms with Crippen LogP contribution in [0, 0.1) is 11.8 Å². The van der Waals surface area contributed by atoms with Crippen molar-refractivity contribution < 1.29 is 27.8 Å². The molecule has 0 bridgehead atoms. The fraction of sp³-hybridized carbons (Fsp3) is 0.400. The van der Waals surface area contributed by atoms with Gasteiger partial charge in [-0.2, -0.15) is 0 Å². The fourth-order valence-electron chi connectivity index (χ4n) is 4.66. The summed E-state index contributed by atoms with van der Waals surface area (Å²) in [5.74, 6) is 0.825. The van der Waals surface area contributed by atoms with Crippen molar-refractivity contribution in [1.82, 2.24) is 19.9 Å². The van der Waals surface area contributed by atoms with E-state index in [1.165, 1.54) is 29.5 Å². The van der Waals surface area contributed by atoms with Gasteiger partial charge in [-0.15, -0.1) is 13.2 Å². The molecule has 1 aliphatic carbocycles. The number of carbonyl (C=O) groups excluding carboxylic acids is 1. The van der Waals surface area contributed by atoms with Crippen molar-refractivity contribution in [3.05, 3.63) is 42.0 Å². The first-order valence-electron chi connectivity index (χ1n) is 12.0. The molecule has 0 unspecified atom stereocenters. The van der Waals surface area contributed by atoms with Crippen LogP contribution in [0.1, 0.15) is 36.0 Å². The summed E-state index contributed by atoms with van der Waals surface area (Å²) in [6, 6.07) is 9.30. The third-order valence-corrected chi connectivity index (χ3v) is 7.66. The minimum absolute atomic E-state index is 0.158. The third-order valence-electron chi connectivity index (χ3n) is 6.73. The average Bonchev–Trinajstić information content (AvgIpc) is 3.41. The van der Waals surface area contributed by atoms with Crippen LogP contribution in [0.4, 0.5) is 24.3 Å². The number of anilines is 2. The number of nitrogens with one attached hydrogen (secondary N) is 2. The Morgan fingerprint density at radius 2 is 1.86 bits per heavy atom. The first kappa shape index (κ1) is 25.3. The molecule has 4 aromatic rings. The van der Waals surface area contributed by atoms with Gasteiger partial charge in [-0.1, -0.05) is 11.3 Å². The quantitative estimate of drug-likeness (QED) is 0.296. The number of hydrogen-bond donors (Lipinski definition) is 3. The molecule has 1 fully saturated rings. The Labute approximate surface area is 214 Å². The predicted molar refractivity (Wildman–Crippen MR) is 135 cm³/mol. The van der Waals surface area contributed by atoms with Gasteiger partial charge < -0.3 is 25.0 Å². The van der Waals surface area contributed by atoms with Gasteiger partial charge in [-0.25, -0.2) is 9.97 Å². The highest BCUT2D eigenvalue weighted by Crippen LogP contribution is 2.33. The predicted octanol–water partition coefficient (Wildman–Crippen LogP) is 5.35. The molecule has 196 valence electrons. The van der Waals surface area contributed by atoms with Crippen molar-refractivity contribution in [2.75, 3.05) is 18.5 Å². The highest BCUT2D eigenvalue weighted by Gasteiger charge is 2.31. The molecule has 2 heterocycles. The maximum atomic E-state index is 12.8. The van der Waals surface area contributed by atoms with Crippen LogP contribution in [-0.4, -0.2) is 45.1 Å². The van der Waals surface area contributed by atoms with Crippen molar-refractivity contribution in [1.29, 1.82) is 0 Å². The van der Waals surface area contributed by atoms with Crippen LogP contribution in [0.5, 0.6) is 5.75 Å². The molecule has 2 aromatic carbocycles. The van der Waals surface area contributed by atoms with Gasteiger partial charge in [-0.3, -0.25) is 4.79 Å².